The Balaban J connectivity index is 1.86. The van der Waals surface area contributed by atoms with Crippen LogP contribution < -0.4 is 10.6 Å². The van der Waals surface area contributed by atoms with Crippen molar-refractivity contribution in [1.82, 2.24) is 5.09 Å². The topological polar surface area (TPSA) is 63.5 Å². The molecule has 5 nitrogen and oxygen atoms in total. The molecule has 1 aromatic carbocycles. The fourth-order valence-electron chi connectivity index (χ4n) is 1.96. The second-order valence-electron chi connectivity index (χ2n) is 4.39. The van der Waals surface area contributed by atoms with Crippen molar-refractivity contribution in [2.75, 3.05) is 12.6 Å². The van der Waals surface area contributed by atoms with Crippen molar-refractivity contribution >= 4 is 20.5 Å². The summed E-state index contributed by atoms with van der Waals surface area (Å²) < 4.78 is 5.48. The smallest absolute Gasteiger partial charge is 0.254 e. The summed E-state index contributed by atoms with van der Waals surface area (Å²) >= 11 is 0. The Bertz CT molecular complexity index is 598. The SMILES string of the molecule is CCc1ccccc1C(=O)NPCc1ccc(NOC)o1. The molecule has 1 unspecified atom stereocenters. The molecule has 2 rings (SSSR count). The third kappa shape index (κ3) is 4.31. The van der Waals surface area contributed by atoms with E-state index in [0.29, 0.717) is 12.0 Å². The van der Waals surface area contributed by atoms with Crippen LogP contribution in [0, 0.1) is 0 Å². The predicted molar refractivity (Wildman–Crippen MR) is 84.6 cm³/mol. The number of hydrogen-bond donors (Lipinski definition) is 2. The number of amides is 1. The minimum atomic E-state index is -0.0346. The van der Waals surface area contributed by atoms with Gasteiger partial charge in [0.2, 0.25) is 5.88 Å². The molecule has 0 fully saturated rings. The number of benzene rings is 1. The second-order valence-corrected chi connectivity index (χ2v) is 5.35. The highest BCUT2D eigenvalue weighted by Gasteiger charge is 2.09. The van der Waals surface area contributed by atoms with Gasteiger partial charge in [-0.1, -0.05) is 25.1 Å². The highest BCUT2D eigenvalue weighted by atomic mass is 31.1. The largest absolute Gasteiger partial charge is 0.443 e. The lowest BCUT2D eigenvalue weighted by Gasteiger charge is -2.08. The van der Waals surface area contributed by atoms with Gasteiger partial charge in [-0.05, 0) is 32.8 Å². The molecule has 6 heteroatoms. The van der Waals surface area contributed by atoms with E-state index in [9.17, 15) is 4.79 Å². The Hall–Kier alpha value is -1.84. The molecular formula is C15H19N2O3P. The molecule has 1 atom stereocenters. The normalized spacial score (nSPS) is 11.0. The summed E-state index contributed by atoms with van der Waals surface area (Å²) in [7, 11) is 1.79. The zero-order chi connectivity index (χ0) is 15.1. The van der Waals surface area contributed by atoms with Gasteiger partial charge in [-0.3, -0.25) is 9.63 Å². The molecule has 0 aliphatic carbocycles. The van der Waals surface area contributed by atoms with E-state index < -0.39 is 0 Å². The predicted octanol–water partition coefficient (Wildman–Crippen LogP) is 3.34. The van der Waals surface area contributed by atoms with Gasteiger partial charge < -0.3 is 9.50 Å². The summed E-state index contributed by atoms with van der Waals surface area (Å²) in [6.07, 6.45) is 1.50. The fourth-order valence-corrected chi connectivity index (χ4v) is 2.71. The summed E-state index contributed by atoms with van der Waals surface area (Å²) in [6, 6.07) is 11.3. The van der Waals surface area contributed by atoms with Gasteiger partial charge in [-0.15, -0.1) is 0 Å². The molecule has 0 saturated carbocycles. The Labute approximate surface area is 125 Å². The number of hydrogen-bond acceptors (Lipinski definition) is 4. The van der Waals surface area contributed by atoms with Crippen LogP contribution in [0.4, 0.5) is 5.88 Å². The van der Waals surface area contributed by atoms with E-state index >= 15 is 0 Å². The van der Waals surface area contributed by atoms with Gasteiger partial charge in [-0.25, -0.2) is 5.48 Å². The van der Waals surface area contributed by atoms with Crippen molar-refractivity contribution < 1.29 is 14.0 Å². The minimum absolute atomic E-state index is 0.0346. The highest BCUT2D eigenvalue weighted by Crippen LogP contribution is 2.21. The molecular weight excluding hydrogens is 287 g/mol. The lowest BCUT2D eigenvalue weighted by atomic mass is 10.1. The third-order valence-corrected chi connectivity index (χ3v) is 3.90. The molecule has 0 spiro atoms. The average Bonchev–Trinajstić information content (AvgIpc) is 2.95. The van der Waals surface area contributed by atoms with Gasteiger partial charge in [0.1, 0.15) is 5.76 Å². The number of nitrogens with one attached hydrogen (secondary N) is 2. The van der Waals surface area contributed by atoms with Gasteiger partial charge in [-0.2, -0.15) is 0 Å². The minimum Gasteiger partial charge on any atom is -0.443 e. The summed E-state index contributed by atoms with van der Waals surface area (Å²) in [5, 5.41) is 2.94. The number of anilines is 1. The van der Waals surface area contributed by atoms with Crippen LogP contribution in [0.25, 0.3) is 0 Å². The Kier molecular flexibility index (Phi) is 5.78. The number of carbonyl (C=O) groups is 1. The molecule has 1 heterocycles. The molecule has 0 bridgehead atoms. The maximum Gasteiger partial charge on any atom is 0.254 e. The van der Waals surface area contributed by atoms with E-state index in [0.717, 1.165) is 23.3 Å². The molecule has 1 amide bonds. The molecule has 0 aliphatic rings. The highest BCUT2D eigenvalue weighted by molar-refractivity contribution is 7.35. The van der Waals surface area contributed by atoms with E-state index in [1.807, 2.05) is 37.3 Å². The van der Waals surface area contributed by atoms with Crippen LogP contribution >= 0.6 is 8.73 Å². The van der Waals surface area contributed by atoms with Crippen molar-refractivity contribution in [3.8, 4) is 0 Å². The van der Waals surface area contributed by atoms with Gasteiger partial charge in [0.15, 0.2) is 0 Å². The van der Waals surface area contributed by atoms with Crippen LogP contribution in [-0.4, -0.2) is 13.0 Å². The van der Waals surface area contributed by atoms with Crippen LogP contribution in [0.3, 0.4) is 0 Å². The van der Waals surface area contributed by atoms with Crippen LogP contribution in [0.5, 0.6) is 0 Å². The monoisotopic (exact) mass is 306 g/mol. The number of carbonyl (C=O) groups excluding carboxylic acids is 1. The lowest BCUT2D eigenvalue weighted by Crippen LogP contribution is -2.16. The summed E-state index contributed by atoms with van der Waals surface area (Å²) in [6.45, 7) is 2.04. The second kappa shape index (κ2) is 7.81. The van der Waals surface area contributed by atoms with Crippen LogP contribution in [0.2, 0.25) is 0 Å². The maximum absolute atomic E-state index is 12.2. The van der Waals surface area contributed by atoms with Crippen LogP contribution in [0.15, 0.2) is 40.8 Å². The standard InChI is InChI=1S/C15H19N2O3P/c1-3-11-6-4-5-7-13(11)15(18)17-21-10-12-8-9-14(20-12)16-19-2/h4-9,16,21H,3,10H2,1-2H3,(H,17,18). The number of rotatable bonds is 7. The molecule has 112 valence electrons. The van der Waals surface area contributed by atoms with Crippen molar-refractivity contribution in [2.24, 2.45) is 0 Å². The van der Waals surface area contributed by atoms with E-state index in [1.165, 1.54) is 7.11 Å². The molecule has 0 radical (unpaired) electrons. The van der Waals surface area contributed by atoms with Crippen molar-refractivity contribution in [3.63, 3.8) is 0 Å². The van der Waals surface area contributed by atoms with E-state index in [4.69, 9.17) is 9.25 Å². The summed E-state index contributed by atoms with van der Waals surface area (Å²) in [5.41, 5.74) is 4.42. The van der Waals surface area contributed by atoms with Crippen LogP contribution in [-0.2, 0) is 17.4 Å². The third-order valence-electron chi connectivity index (χ3n) is 2.97. The first-order valence-corrected chi connectivity index (χ1v) is 7.94. The zero-order valence-electron chi connectivity index (χ0n) is 12.1. The van der Waals surface area contributed by atoms with E-state index in [2.05, 4.69) is 10.6 Å². The van der Waals surface area contributed by atoms with Gasteiger partial charge in [0.05, 0.1) is 7.11 Å². The van der Waals surface area contributed by atoms with E-state index in [1.54, 1.807) is 6.07 Å². The molecule has 2 aromatic rings. The first kappa shape index (κ1) is 15.5. The zero-order valence-corrected chi connectivity index (χ0v) is 13.1. The molecule has 0 saturated heterocycles. The fraction of sp³-hybridized carbons (Fsp3) is 0.267. The van der Waals surface area contributed by atoms with Crippen molar-refractivity contribution in [1.29, 1.82) is 0 Å². The van der Waals surface area contributed by atoms with Crippen molar-refractivity contribution in [2.45, 2.75) is 19.5 Å². The average molecular weight is 306 g/mol. The lowest BCUT2D eigenvalue weighted by molar-refractivity contribution is 0.0982. The first-order chi connectivity index (χ1) is 10.2. The van der Waals surface area contributed by atoms with Gasteiger partial charge >= 0.3 is 0 Å². The number of furan rings is 1. The quantitative estimate of drug-likeness (QED) is 0.608. The molecule has 21 heavy (non-hydrogen) atoms. The van der Waals surface area contributed by atoms with Crippen LogP contribution in [0.1, 0.15) is 28.6 Å². The first-order valence-electron chi connectivity index (χ1n) is 6.73. The maximum atomic E-state index is 12.2. The van der Waals surface area contributed by atoms with E-state index in [-0.39, 0.29) is 14.6 Å². The Morgan fingerprint density at radius 3 is 2.86 bits per heavy atom. The molecule has 1 aromatic heterocycles. The number of aryl methyl sites for hydroxylation is 1. The summed E-state index contributed by atoms with van der Waals surface area (Å²) in [5.74, 6) is 1.32. The van der Waals surface area contributed by atoms with Crippen molar-refractivity contribution in [3.05, 3.63) is 53.3 Å². The molecule has 2 N–H and O–H groups in total. The van der Waals surface area contributed by atoms with Gasteiger partial charge in [0.25, 0.3) is 5.91 Å². The summed E-state index contributed by atoms with van der Waals surface area (Å²) in [4.78, 5) is 16.9. The molecule has 0 aliphatic heterocycles. The Morgan fingerprint density at radius 2 is 2.10 bits per heavy atom. The Morgan fingerprint density at radius 1 is 1.29 bits per heavy atom. The van der Waals surface area contributed by atoms with Gasteiger partial charge in [0, 0.05) is 17.8 Å².